The Balaban J connectivity index is 1.67. The predicted molar refractivity (Wildman–Crippen MR) is 121 cm³/mol. The molecule has 2 aromatic carbocycles. The van der Waals surface area contributed by atoms with Crippen molar-refractivity contribution in [1.82, 2.24) is 4.31 Å². The molecule has 2 aromatic rings. The van der Waals surface area contributed by atoms with Gasteiger partial charge in [0.05, 0.1) is 10.6 Å². The van der Waals surface area contributed by atoms with Gasteiger partial charge in [-0.15, -0.1) is 0 Å². The maximum absolute atomic E-state index is 13.7. The fourth-order valence-corrected chi connectivity index (χ4v) is 6.15. The summed E-state index contributed by atoms with van der Waals surface area (Å²) in [6, 6.07) is 11.5. The molecule has 2 unspecified atom stereocenters. The van der Waals surface area contributed by atoms with E-state index < -0.39 is 22.2 Å². The molecule has 2 heterocycles. The van der Waals surface area contributed by atoms with E-state index in [1.54, 1.807) is 24.8 Å². The van der Waals surface area contributed by atoms with Gasteiger partial charge in [0.15, 0.2) is 6.10 Å². The number of fused-ring (bicyclic) bond motifs is 1. The first-order chi connectivity index (χ1) is 15.2. The van der Waals surface area contributed by atoms with E-state index in [-0.39, 0.29) is 23.3 Å². The number of rotatable bonds is 5. The van der Waals surface area contributed by atoms with Crippen LogP contribution in [0.1, 0.15) is 32.3 Å². The molecule has 2 aliphatic rings. The highest BCUT2D eigenvalue weighted by atomic mass is 32.2. The van der Waals surface area contributed by atoms with Gasteiger partial charge in [0.1, 0.15) is 11.8 Å². The lowest BCUT2D eigenvalue weighted by Gasteiger charge is -2.30. The average Bonchev–Trinajstić information content (AvgIpc) is 3.27. The monoisotopic (exact) mass is 457 g/mol. The summed E-state index contributed by atoms with van der Waals surface area (Å²) in [5.41, 5.74) is 1.67. The number of amides is 2. The molecule has 0 saturated carbocycles. The van der Waals surface area contributed by atoms with Crippen molar-refractivity contribution >= 4 is 33.2 Å². The van der Waals surface area contributed by atoms with E-state index in [1.807, 2.05) is 37.3 Å². The van der Waals surface area contributed by atoms with Gasteiger partial charge in [-0.05, 0) is 57.4 Å². The van der Waals surface area contributed by atoms with Crippen LogP contribution < -0.4 is 15.0 Å². The van der Waals surface area contributed by atoms with Crippen LogP contribution in [0.5, 0.6) is 5.75 Å². The summed E-state index contributed by atoms with van der Waals surface area (Å²) in [7, 11) is -3.96. The molecule has 4 rings (SSSR count). The largest absolute Gasteiger partial charge is 0.479 e. The number of benzene rings is 2. The van der Waals surface area contributed by atoms with Crippen molar-refractivity contribution in [2.75, 3.05) is 23.3 Å². The molecule has 2 amide bonds. The number of aryl methyl sites for hydroxylation is 1. The van der Waals surface area contributed by atoms with Crippen LogP contribution >= 0.6 is 0 Å². The third kappa shape index (κ3) is 3.86. The van der Waals surface area contributed by atoms with Crippen molar-refractivity contribution in [2.24, 2.45) is 0 Å². The fraction of sp³-hybridized carbons (Fsp3) is 0.391. The summed E-state index contributed by atoms with van der Waals surface area (Å²) in [5, 5.41) is 2.73. The van der Waals surface area contributed by atoms with Crippen LogP contribution in [0.25, 0.3) is 0 Å². The molecule has 2 atom stereocenters. The third-order valence-electron chi connectivity index (χ3n) is 5.93. The molecule has 1 saturated heterocycles. The zero-order valence-corrected chi connectivity index (χ0v) is 19.2. The van der Waals surface area contributed by atoms with Gasteiger partial charge in [0.25, 0.3) is 5.91 Å². The summed E-state index contributed by atoms with van der Waals surface area (Å²) < 4.78 is 34.2. The molecule has 8 nitrogen and oxygen atoms in total. The number of hydrogen-bond acceptors (Lipinski definition) is 5. The van der Waals surface area contributed by atoms with Crippen LogP contribution in [-0.4, -0.2) is 49.8 Å². The highest BCUT2D eigenvalue weighted by molar-refractivity contribution is 7.89. The Kier molecular flexibility index (Phi) is 5.96. The van der Waals surface area contributed by atoms with Gasteiger partial charge < -0.3 is 15.0 Å². The molecule has 1 fully saturated rings. The highest BCUT2D eigenvalue weighted by Gasteiger charge is 2.42. The molecule has 170 valence electrons. The topological polar surface area (TPSA) is 96.0 Å². The van der Waals surface area contributed by atoms with Crippen molar-refractivity contribution in [3.05, 3.63) is 48.0 Å². The Morgan fingerprint density at radius 1 is 1.25 bits per heavy atom. The second-order valence-corrected chi connectivity index (χ2v) is 9.91. The van der Waals surface area contributed by atoms with Crippen molar-refractivity contribution in [1.29, 1.82) is 0 Å². The Bertz CT molecular complexity index is 1150. The summed E-state index contributed by atoms with van der Waals surface area (Å²) >= 11 is 0. The predicted octanol–water partition coefficient (Wildman–Crippen LogP) is 2.92. The van der Waals surface area contributed by atoms with Crippen molar-refractivity contribution in [2.45, 2.75) is 50.7 Å². The lowest BCUT2D eigenvalue weighted by atomic mass is 10.1. The SMILES string of the molecule is CCN(C(=O)C1CCCN1S(=O)(=O)c1cc2c(cc1C)NC(=O)C(C)O2)c1ccccc1. The maximum Gasteiger partial charge on any atom is 0.265 e. The zero-order chi connectivity index (χ0) is 23.0. The minimum Gasteiger partial charge on any atom is -0.479 e. The van der Waals surface area contributed by atoms with Gasteiger partial charge in [-0.2, -0.15) is 4.31 Å². The number of para-hydroxylation sites is 1. The second kappa shape index (κ2) is 8.55. The molecule has 1 N–H and O–H groups in total. The lowest BCUT2D eigenvalue weighted by Crippen LogP contribution is -2.48. The Morgan fingerprint density at radius 2 is 1.97 bits per heavy atom. The molecular formula is C23H27N3O5S. The normalized spacial score (nSPS) is 20.9. The van der Waals surface area contributed by atoms with E-state index in [2.05, 4.69) is 5.32 Å². The van der Waals surface area contributed by atoms with E-state index in [1.165, 1.54) is 10.4 Å². The van der Waals surface area contributed by atoms with E-state index >= 15 is 0 Å². The summed E-state index contributed by atoms with van der Waals surface area (Å²) in [6.45, 7) is 5.86. The molecule has 0 aliphatic carbocycles. The average molecular weight is 458 g/mol. The van der Waals surface area contributed by atoms with Crippen LogP contribution in [0.15, 0.2) is 47.4 Å². The van der Waals surface area contributed by atoms with Gasteiger partial charge in [-0.3, -0.25) is 9.59 Å². The highest BCUT2D eigenvalue weighted by Crippen LogP contribution is 2.37. The van der Waals surface area contributed by atoms with Crippen LogP contribution in [0, 0.1) is 6.92 Å². The first-order valence-corrected chi connectivity index (χ1v) is 12.2. The number of likely N-dealkylation sites (N-methyl/N-ethyl adjacent to an activating group) is 1. The maximum atomic E-state index is 13.7. The number of carbonyl (C=O) groups is 2. The second-order valence-electron chi connectivity index (χ2n) is 8.06. The van der Waals surface area contributed by atoms with Crippen LogP contribution in [0.4, 0.5) is 11.4 Å². The first-order valence-electron chi connectivity index (χ1n) is 10.7. The van der Waals surface area contributed by atoms with E-state index in [0.29, 0.717) is 36.4 Å². The number of anilines is 2. The molecule has 9 heteroatoms. The Morgan fingerprint density at radius 3 is 2.66 bits per heavy atom. The van der Waals surface area contributed by atoms with Gasteiger partial charge in [-0.1, -0.05) is 18.2 Å². The first kappa shape index (κ1) is 22.3. The van der Waals surface area contributed by atoms with Gasteiger partial charge in [0.2, 0.25) is 15.9 Å². The Hall–Kier alpha value is -2.91. The molecule has 0 spiro atoms. The zero-order valence-electron chi connectivity index (χ0n) is 18.4. The number of sulfonamides is 1. The van der Waals surface area contributed by atoms with Crippen molar-refractivity contribution in [3.63, 3.8) is 0 Å². The molecule has 0 aromatic heterocycles. The molecule has 2 aliphatic heterocycles. The quantitative estimate of drug-likeness (QED) is 0.745. The third-order valence-corrected chi connectivity index (χ3v) is 7.98. The molecular weight excluding hydrogens is 430 g/mol. The van der Waals surface area contributed by atoms with Gasteiger partial charge in [-0.25, -0.2) is 8.42 Å². The summed E-state index contributed by atoms with van der Waals surface area (Å²) in [5.74, 6) is -0.200. The van der Waals surface area contributed by atoms with Crippen LogP contribution in [0.3, 0.4) is 0 Å². The smallest absolute Gasteiger partial charge is 0.265 e. The lowest BCUT2D eigenvalue weighted by molar-refractivity contribution is -0.123. The van der Waals surface area contributed by atoms with E-state index in [4.69, 9.17) is 4.74 Å². The van der Waals surface area contributed by atoms with E-state index in [0.717, 1.165) is 5.69 Å². The van der Waals surface area contributed by atoms with E-state index in [9.17, 15) is 18.0 Å². The number of nitrogens with zero attached hydrogens (tertiary/aromatic N) is 2. The van der Waals surface area contributed by atoms with Gasteiger partial charge >= 0.3 is 0 Å². The number of ether oxygens (including phenoxy) is 1. The Labute approximate surface area is 188 Å². The molecule has 0 radical (unpaired) electrons. The van der Waals surface area contributed by atoms with Crippen molar-refractivity contribution in [3.8, 4) is 5.75 Å². The number of hydrogen-bond donors (Lipinski definition) is 1. The van der Waals surface area contributed by atoms with Crippen molar-refractivity contribution < 1.29 is 22.7 Å². The minimum atomic E-state index is -3.96. The van der Waals surface area contributed by atoms with Gasteiger partial charge in [0, 0.05) is 24.8 Å². The molecule has 0 bridgehead atoms. The standard InChI is InChI=1S/C23H27N3O5S/c1-4-25(17-9-6-5-7-10-17)23(28)19-11-8-12-26(19)32(29,30)21-14-20-18(13-15(21)2)24-22(27)16(3)31-20/h5-7,9-10,13-14,16,19H,4,8,11-12H2,1-3H3,(H,24,27). The number of carbonyl (C=O) groups excluding carboxylic acids is 2. The van der Waals surface area contributed by atoms with Crippen LogP contribution in [0.2, 0.25) is 0 Å². The molecule has 32 heavy (non-hydrogen) atoms. The minimum absolute atomic E-state index is 0.0852. The summed E-state index contributed by atoms with van der Waals surface area (Å²) in [6.07, 6.45) is 0.357. The summed E-state index contributed by atoms with van der Waals surface area (Å²) in [4.78, 5) is 27.0. The van der Waals surface area contributed by atoms with Crippen LogP contribution in [-0.2, 0) is 19.6 Å². The number of nitrogens with one attached hydrogen (secondary N) is 1. The fourth-order valence-electron chi connectivity index (χ4n) is 4.28.